The minimum atomic E-state index is -0.680. The van der Waals surface area contributed by atoms with Crippen molar-refractivity contribution in [3.05, 3.63) is 0 Å². The van der Waals surface area contributed by atoms with E-state index in [1.54, 1.807) is 0 Å². The van der Waals surface area contributed by atoms with Crippen molar-refractivity contribution in [1.29, 1.82) is 0 Å². The van der Waals surface area contributed by atoms with Gasteiger partial charge in [-0.1, -0.05) is 27.2 Å². The van der Waals surface area contributed by atoms with Gasteiger partial charge in [0.2, 0.25) is 0 Å². The first kappa shape index (κ1) is 16.4. The van der Waals surface area contributed by atoms with Crippen molar-refractivity contribution in [3.8, 4) is 0 Å². The lowest BCUT2D eigenvalue weighted by molar-refractivity contribution is -0.144. The Morgan fingerprint density at radius 1 is 1.37 bits per heavy atom. The number of nitrogens with one attached hydrogen (secondary N) is 1. The van der Waals surface area contributed by atoms with Crippen molar-refractivity contribution in [2.24, 2.45) is 0 Å². The number of unbranched alkanes of at least 4 members (excludes halogenated alkanes) is 1. The summed E-state index contributed by atoms with van der Waals surface area (Å²) in [6.07, 6.45) is 5.89. The highest BCUT2D eigenvalue weighted by Gasteiger charge is 2.46. The van der Waals surface area contributed by atoms with Crippen LogP contribution in [0, 0.1) is 0 Å². The Balaban J connectivity index is 2.63. The third-order valence-electron chi connectivity index (χ3n) is 4.33. The van der Waals surface area contributed by atoms with Crippen molar-refractivity contribution in [2.75, 3.05) is 19.6 Å². The molecule has 19 heavy (non-hydrogen) atoms. The predicted octanol–water partition coefficient (Wildman–Crippen LogP) is 2.48. The number of nitrogens with zero attached hydrogens (tertiary/aromatic N) is 1. The maximum atomic E-state index is 11.6. The van der Waals surface area contributed by atoms with Gasteiger partial charge < -0.3 is 15.3 Å². The van der Waals surface area contributed by atoms with Crippen molar-refractivity contribution in [3.63, 3.8) is 0 Å². The molecule has 0 amide bonds. The van der Waals surface area contributed by atoms with Gasteiger partial charge in [-0.15, -0.1) is 0 Å². The Morgan fingerprint density at radius 2 is 2.11 bits per heavy atom. The number of carboxylic acids is 1. The summed E-state index contributed by atoms with van der Waals surface area (Å²) in [5.74, 6) is -0.671. The molecular formula is C15H30N2O2. The molecule has 0 aromatic heterocycles. The van der Waals surface area contributed by atoms with Crippen LogP contribution in [0.4, 0.5) is 0 Å². The molecule has 0 saturated heterocycles. The van der Waals surface area contributed by atoms with Gasteiger partial charge >= 0.3 is 5.97 Å². The summed E-state index contributed by atoms with van der Waals surface area (Å²) >= 11 is 0. The summed E-state index contributed by atoms with van der Waals surface area (Å²) in [5.41, 5.74) is -0.680. The molecule has 2 N–H and O–H groups in total. The quantitative estimate of drug-likeness (QED) is 0.676. The SMILES string of the molecule is CCCCN(CC)C1CCC(NCCC)(C(=O)O)C1. The van der Waals surface area contributed by atoms with Crippen LogP contribution in [0.1, 0.15) is 59.3 Å². The molecule has 1 saturated carbocycles. The van der Waals surface area contributed by atoms with Crippen molar-refractivity contribution in [2.45, 2.75) is 70.9 Å². The molecule has 1 rings (SSSR count). The number of hydrogen-bond acceptors (Lipinski definition) is 3. The number of rotatable bonds is 9. The van der Waals surface area contributed by atoms with Crippen molar-refractivity contribution in [1.82, 2.24) is 10.2 Å². The fraction of sp³-hybridized carbons (Fsp3) is 0.933. The number of carboxylic acid groups (broad SMARTS) is 1. The molecule has 4 heteroatoms. The Bertz CT molecular complexity index is 283. The van der Waals surface area contributed by atoms with Gasteiger partial charge in [-0.05, 0) is 51.7 Å². The van der Waals surface area contributed by atoms with Crippen LogP contribution in [0.25, 0.3) is 0 Å². The number of hydrogen-bond donors (Lipinski definition) is 2. The zero-order valence-electron chi connectivity index (χ0n) is 12.7. The van der Waals surface area contributed by atoms with Gasteiger partial charge in [0.05, 0.1) is 0 Å². The second-order valence-corrected chi connectivity index (χ2v) is 5.69. The van der Waals surface area contributed by atoms with Gasteiger partial charge in [0.15, 0.2) is 0 Å². The molecule has 1 aliphatic carbocycles. The van der Waals surface area contributed by atoms with Crippen LogP contribution >= 0.6 is 0 Å². The summed E-state index contributed by atoms with van der Waals surface area (Å²) in [7, 11) is 0. The molecule has 1 fully saturated rings. The molecule has 1 aliphatic rings. The lowest BCUT2D eigenvalue weighted by atomic mass is 9.97. The molecule has 0 radical (unpaired) electrons. The summed E-state index contributed by atoms with van der Waals surface area (Å²) in [6, 6.07) is 0.428. The molecule has 0 bridgehead atoms. The molecule has 4 nitrogen and oxygen atoms in total. The maximum absolute atomic E-state index is 11.6. The standard InChI is InChI=1S/C15H30N2O2/c1-4-7-11-17(6-3)13-8-9-15(12-13,14(18)19)16-10-5-2/h13,16H,4-12H2,1-3H3,(H,18,19). The first-order chi connectivity index (χ1) is 9.09. The van der Waals surface area contributed by atoms with Crippen LogP contribution in [-0.4, -0.2) is 47.2 Å². The number of carbonyl (C=O) groups is 1. The minimum absolute atomic E-state index is 0.428. The van der Waals surface area contributed by atoms with Crippen LogP contribution in [0.15, 0.2) is 0 Å². The monoisotopic (exact) mass is 270 g/mol. The third kappa shape index (κ3) is 4.18. The van der Waals surface area contributed by atoms with E-state index in [0.29, 0.717) is 6.04 Å². The highest BCUT2D eigenvalue weighted by Crippen LogP contribution is 2.33. The van der Waals surface area contributed by atoms with Gasteiger partial charge in [-0.2, -0.15) is 0 Å². The van der Waals surface area contributed by atoms with Crippen molar-refractivity contribution >= 4 is 5.97 Å². The van der Waals surface area contributed by atoms with E-state index in [1.165, 1.54) is 12.8 Å². The van der Waals surface area contributed by atoms with Gasteiger partial charge in [-0.3, -0.25) is 4.79 Å². The Labute approximate surface area is 117 Å². The lowest BCUT2D eigenvalue weighted by Gasteiger charge is -2.30. The van der Waals surface area contributed by atoms with E-state index < -0.39 is 11.5 Å². The van der Waals surface area contributed by atoms with Crippen LogP contribution < -0.4 is 5.32 Å². The summed E-state index contributed by atoms with van der Waals surface area (Å²) in [5, 5.41) is 12.8. The molecule has 0 spiro atoms. The maximum Gasteiger partial charge on any atom is 0.323 e. The van der Waals surface area contributed by atoms with Gasteiger partial charge in [0, 0.05) is 6.04 Å². The molecule has 0 aromatic rings. The van der Waals surface area contributed by atoms with E-state index >= 15 is 0 Å². The normalized spacial score (nSPS) is 27.1. The van der Waals surface area contributed by atoms with E-state index in [9.17, 15) is 9.90 Å². The average Bonchev–Trinajstić information content (AvgIpc) is 2.83. The Kier molecular flexibility index (Phi) is 6.80. The number of aliphatic carboxylic acids is 1. The third-order valence-corrected chi connectivity index (χ3v) is 4.33. The highest BCUT2D eigenvalue weighted by molar-refractivity contribution is 5.79. The van der Waals surface area contributed by atoms with Crippen LogP contribution in [-0.2, 0) is 4.79 Å². The van der Waals surface area contributed by atoms with Gasteiger partial charge in [0.25, 0.3) is 0 Å². The van der Waals surface area contributed by atoms with E-state index in [0.717, 1.165) is 45.3 Å². The Morgan fingerprint density at radius 3 is 2.63 bits per heavy atom. The largest absolute Gasteiger partial charge is 0.480 e. The fourth-order valence-electron chi connectivity index (χ4n) is 3.09. The molecule has 0 aliphatic heterocycles. The van der Waals surface area contributed by atoms with Crippen molar-refractivity contribution < 1.29 is 9.90 Å². The van der Waals surface area contributed by atoms with Crippen LogP contribution in [0.3, 0.4) is 0 Å². The fourth-order valence-corrected chi connectivity index (χ4v) is 3.09. The lowest BCUT2D eigenvalue weighted by Crippen LogP contribution is -2.51. The van der Waals surface area contributed by atoms with Gasteiger partial charge in [-0.25, -0.2) is 0 Å². The predicted molar refractivity (Wildman–Crippen MR) is 78.5 cm³/mol. The molecule has 2 atom stereocenters. The van der Waals surface area contributed by atoms with E-state index in [2.05, 4.69) is 31.0 Å². The Hall–Kier alpha value is -0.610. The highest BCUT2D eigenvalue weighted by atomic mass is 16.4. The summed E-state index contributed by atoms with van der Waals surface area (Å²) < 4.78 is 0. The molecule has 0 aromatic carbocycles. The van der Waals surface area contributed by atoms with E-state index in [-0.39, 0.29) is 0 Å². The molecule has 2 unspecified atom stereocenters. The van der Waals surface area contributed by atoms with E-state index in [1.807, 2.05) is 0 Å². The molecule has 112 valence electrons. The second kappa shape index (κ2) is 7.85. The first-order valence-corrected chi connectivity index (χ1v) is 7.82. The zero-order chi connectivity index (χ0) is 14.3. The molecular weight excluding hydrogens is 240 g/mol. The summed E-state index contributed by atoms with van der Waals surface area (Å²) in [6.45, 7) is 9.37. The minimum Gasteiger partial charge on any atom is -0.480 e. The van der Waals surface area contributed by atoms with Gasteiger partial charge in [0.1, 0.15) is 5.54 Å². The first-order valence-electron chi connectivity index (χ1n) is 7.82. The van der Waals surface area contributed by atoms with E-state index in [4.69, 9.17) is 0 Å². The second-order valence-electron chi connectivity index (χ2n) is 5.69. The smallest absolute Gasteiger partial charge is 0.323 e. The van der Waals surface area contributed by atoms with Crippen LogP contribution in [0.2, 0.25) is 0 Å². The zero-order valence-corrected chi connectivity index (χ0v) is 12.7. The average molecular weight is 270 g/mol. The van der Waals surface area contributed by atoms with Crippen LogP contribution in [0.5, 0.6) is 0 Å². The topological polar surface area (TPSA) is 52.6 Å². The summed E-state index contributed by atoms with van der Waals surface area (Å²) in [4.78, 5) is 14.1. The molecule has 0 heterocycles.